The van der Waals surface area contributed by atoms with E-state index in [4.69, 9.17) is 18.8 Å². The van der Waals surface area contributed by atoms with Crippen LogP contribution in [0.1, 0.15) is 17.4 Å². The summed E-state index contributed by atoms with van der Waals surface area (Å²) in [5, 5.41) is 17.3. The average molecular weight is 846 g/mol. The third-order valence-electron chi connectivity index (χ3n) is 13.7. The van der Waals surface area contributed by atoms with Crippen LogP contribution in [-0.4, -0.2) is 20.8 Å². The number of amidine groups is 2. The smallest absolute Gasteiger partial charge is 0.204 e. The summed E-state index contributed by atoms with van der Waals surface area (Å²) < 4.78 is 18.4. The second-order valence-electron chi connectivity index (χ2n) is 17.3. The van der Waals surface area contributed by atoms with Crippen molar-refractivity contribution in [2.24, 2.45) is 9.98 Å². The van der Waals surface area contributed by atoms with Gasteiger partial charge in [0.2, 0.25) is 6.29 Å². The van der Waals surface area contributed by atoms with Crippen LogP contribution in [0.2, 0.25) is 0 Å². The van der Waals surface area contributed by atoms with Gasteiger partial charge in [-0.25, -0.2) is 9.98 Å². The van der Waals surface area contributed by atoms with E-state index in [1.54, 1.807) is 0 Å². The molecule has 4 aromatic heterocycles. The number of hydrogen-bond donors (Lipinski definition) is 1. The van der Waals surface area contributed by atoms with E-state index in [0.717, 1.165) is 98.9 Å². The molecule has 0 bridgehead atoms. The molecule has 0 radical (unpaired) electrons. The van der Waals surface area contributed by atoms with Crippen LogP contribution in [0.3, 0.4) is 0 Å². The van der Waals surface area contributed by atoms with E-state index in [1.165, 1.54) is 26.9 Å². The lowest BCUT2D eigenvalue weighted by atomic mass is 10.0. The van der Waals surface area contributed by atoms with Crippen LogP contribution < -0.4 is 5.32 Å². The van der Waals surface area contributed by atoms with Crippen molar-refractivity contribution in [3.05, 3.63) is 211 Å². The molecular formula is C59H35N5O2. The molecule has 10 aromatic carbocycles. The first-order valence-electron chi connectivity index (χ1n) is 22.3. The lowest BCUT2D eigenvalue weighted by Gasteiger charge is -2.26. The van der Waals surface area contributed by atoms with Crippen LogP contribution in [0.15, 0.2) is 219 Å². The molecule has 0 amide bonds. The van der Waals surface area contributed by atoms with Gasteiger partial charge >= 0.3 is 0 Å². The van der Waals surface area contributed by atoms with E-state index in [-0.39, 0.29) is 0 Å². The summed E-state index contributed by atoms with van der Waals surface area (Å²) in [6.07, 6.45) is -0.569. The van der Waals surface area contributed by atoms with Crippen molar-refractivity contribution in [1.82, 2.24) is 14.5 Å². The third kappa shape index (κ3) is 4.96. The van der Waals surface area contributed by atoms with Crippen LogP contribution in [0.4, 0.5) is 0 Å². The maximum Gasteiger partial charge on any atom is 0.204 e. The molecule has 66 heavy (non-hydrogen) atoms. The zero-order valence-electron chi connectivity index (χ0n) is 35.2. The van der Waals surface area contributed by atoms with Gasteiger partial charge in [-0.2, -0.15) is 0 Å². The second-order valence-corrected chi connectivity index (χ2v) is 17.3. The molecule has 1 unspecified atom stereocenters. The summed E-state index contributed by atoms with van der Waals surface area (Å²) >= 11 is 0. The first-order valence-corrected chi connectivity index (χ1v) is 22.3. The number of rotatable bonds is 4. The number of aromatic nitrogens is 2. The van der Waals surface area contributed by atoms with Gasteiger partial charge in [0, 0.05) is 54.0 Å². The van der Waals surface area contributed by atoms with Crippen molar-refractivity contribution >= 4 is 121 Å². The molecule has 0 fully saturated rings. The molecule has 1 aliphatic rings. The second kappa shape index (κ2) is 13.3. The van der Waals surface area contributed by atoms with E-state index in [1.807, 2.05) is 18.2 Å². The summed E-state index contributed by atoms with van der Waals surface area (Å²) in [6, 6.07) is 70.8. The number of nitrogens with zero attached hydrogens (tertiary/aromatic N) is 4. The Balaban J connectivity index is 1.06. The van der Waals surface area contributed by atoms with Gasteiger partial charge in [0.1, 0.15) is 22.6 Å². The largest absolute Gasteiger partial charge is 0.455 e. The van der Waals surface area contributed by atoms with Crippen molar-refractivity contribution in [1.29, 1.82) is 0 Å². The molecule has 15 rings (SSSR count). The molecule has 7 heteroatoms. The van der Waals surface area contributed by atoms with E-state index in [9.17, 15) is 0 Å². The standard InChI is InChI=1S/C59H35N5O2/c1-2-16-36-32-50-46(30-35(36)15-1)43-29-28-34-14-3-4-17-38(34)54(43)63(50)51-33-37(31-47-42-21-8-12-27-53(42)66-56(47)51)57-60-58(45-23-13-22-44-41-20-7-11-26-52(41)65-55(44)45)62-59(61-57)64-48-24-9-5-18-39(48)40-19-6-10-25-49(40)64/h1-33,59H,(H,60,61,62). The zero-order valence-corrected chi connectivity index (χ0v) is 35.2. The van der Waals surface area contributed by atoms with E-state index in [2.05, 4.69) is 196 Å². The normalized spacial score (nSPS) is 14.5. The summed E-state index contributed by atoms with van der Waals surface area (Å²) in [5.41, 5.74) is 10.2. The van der Waals surface area contributed by atoms with E-state index < -0.39 is 6.29 Å². The molecule has 308 valence electrons. The van der Waals surface area contributed by atoms with Crippen molar-refractivity contribution in [3.8, 4) is 5.69 Å². The Bertz CT molecular complexity index is 4410. The lowest BCUT2D eigenvalue weighted by Crippen LogP contribution is -2.36. The topological polar surface area (TPSA) is 72.9 Å². The van der Waals surface area contributed by atoms with Gasteiger partial charge in [0.25, 0.3) is 0 Å². The summed E-state index contributed by atoms with van der Waals surface area (Å²) in [5.74, 6) is 1.26. The van der Waals surface area contributed by atoms with Gasteiger partial charge in [-0.15, -0.1) is 0 Å². The lowest BCUT2D eigenvalue weighted by molar-refractivity contribution is 0.515. The number of nitrogens with one attached hydrogen (secondary N) is 1. The van der Waals surface area contributed by atoms with Gasteiger partial charge < -0.3 is 23.3 Å². The Morgan fingerprint density at radius 2 is 1.03 bits per heavy atom. The number of benzene rings is 10. The molecule has 0 aliphatic carbocycles. The van der Waals surface area contributed by atoms with Gasteiger partial charge in [-0.3, -0.25) is 0 Å². The van der Waals surface area contributed by atoms with Gasteiger partial charge in [-0.1, -0.05) is 146 Å². The summed E-state index contributed by atoms with van der Waals surface area (Å²) in [6.45, 7) is 0. The van der Waals surface area contributed by atoms with Crippen molar-refractivity contribution in [2.75, 3.05) is 0 Å². The zero-order chi connectivity index (χ0) is 43.0. The number of hydrogen-bond acceptors (Lipinski definition) is 5. The predicted octanol–water partition coefficient (Wildman–Crippen LogP) is 14.9. The Kier molecular flexibility index (Phi) is 7.15. The SMILES string of the molecule is c1ccc2cc3c(cc2c1)c1ccc2ccccc2c1n3-c1cc(C2=NC(n3c4ccccc4c4ccccc43)NC(c3cccc4c3oc3ccccc34)=N2)cc2c1oc1ccccc12. The van der Waals surface area contributed by atoms with Gasteiger partial charge in [0.15, 0.2) is 11.4 Å². The highest BCUT2D eigenvalue weighted by Crippen LogP contribution is 2.43. The summed E-state index contributed by atoms with van der Waals surface area (Å²) in [7, 11) is 0. The molecule has 1 aliphatic heterocycles. The van der Waals surface area contributed by atoms with E-state index in [0.29, 0.717) is 11.7 Å². The third-order valence-corrected chi connectivity index (χ3v) is 13.7. The minimum absolute atomic E-state index is 0.569. The van der Waals surface area contributed by atoms with Crippen LogP contribution in [0.5, 0.6) is 0 Å². The van der Waals surface area contributed by atoms with Crippen molar-refractivity contribution in [2.45, 2.75) is 6.29 Å². The van der Waals surface area contributed by atoms with Crippen LogP contribution in [0.25, 0.3) is 115 Å². The quantitative estimate of drug-likeness (QED) is 0.192. The van der Waals surface area contributed by atoms with Crippen LogP contribution in [-0.2, 0) is 0 Å². The van der Waals surface area contributed by atoms with Gasteiger partial charge in [-0.05, 0) is 70.8 Å². The molecule has 5 heterocycles. The molecule has 7 nitrogen and oxygen atoms in total. The highest BCUT2D eigenvalue weighted by atomic mass is 16.3. The Hall–Kier alpha value is -8.94. The molecule has 14 aromatic rings. The number of para-hydroxylation sites is 5. The minimum Gasteiger partial charge on any atom is -0.455 e. The highest BCUT2D eigenvalue weighted by Gasteiger charge is 2.28. The maximum absolute atomic E-state index is 6.97. The fraction of sp³-hybridized carbons (Fsp3) is 0.0169. The monoisotopic (exact) mass is 845 g/mol. The number of fused-ring (bicyclic) bond motifs is 15. The summed E-state index contributed by atoms with van der Waals surface area (Å²) in [4.78, 5) is 11.1. The number of furan rings is 2. The molecule has 1 atom stereocenters. The Morgan fingerprint density at radius 3 is 1.79 bits per heavy atom. The predicted molar refractivity (Wildman–Crippen MR) is 271 cm³/mol. The van der Waals surface area contributed by atoms with E-state index >= 15 is 0 Å². The fourth-order valence-corrected chi connectivity index (χ4v) is 10.8. The molecular weight excluding hydrogens is 811 g/mol. The van der Waals surface area contributed by atoms with Gasteiger partial charge in [0.05, 0.1) is 33.3 Å². The fourth-order valence-electron chi connectivity index (χ4n) is 10.8. The molecule has 0 saturated carbocycles. The molecule has 0 saturated heterocycles. The number of aliphatic imine (C=N–C) groups is 2. The molecule has 0 spiro atoms. The first-order chi connectivity index (χ1) is 32.7. The van der Waals surface area contributed by atoms with Crippen molar-refractivity contribution in [3.63, 3.8) is 0 Å². The van der Waals surface area contributed by atoms with Crippen molar-refractivity contribution < 1.29 is 8.83 Å². The minimum atomic E-state index is -0.569. The maximum atomic E-state index is 6.97. The van der Waals surface area contributed by atoms with Crippen LogP contribution >= 0.6 is 0 Å². The Labute approximate surface area is 375 Å². The Morgan fingerprint density at radius 1 is 0.424 bits per heavy atom. The van der Waals surface area contributed by atoms with Crippen LogP contribution in [0, 0.1) is 0 Å². The highest BCUT2D eigenvalue weighted by molar-refractivity contribution is 6.24. The molecule has 1 N–H and O–H groups in total. The first kappa shape index (κ1) is 35.5. The average Bonchev–Trinajstić information content (AvgIpc) is 4.13.